The number of carbonyl (C=O) groups excluding carboxylic acids is 1. The monoisotopic (exact) mass is 282 g/mol. The zero-order valence-electron chi connectivity index (χ0n) is 11.6. The molecule has 0 spiro atoms. The maximum atomic E-state index is 11.0. The van der Waals surface area contributed by atoms with E-state index in [1.165, 1.54) is 31.1 Å². The van der Waals surface area contributed by atoms with Crippen molar-refractivity contribution in [3.05, 3.63) is 11.1 Å². The highest BCUT2D eigenvalue weighted by Crippen LogP contribution is 2.20. The average molecular weight is 282 g/mol. The Morgan fingerprint density at radius 3 is 3.21 bits per heavy atom. The van der Waals surface area contributed by atoms with Gasteiger partial charge in [-0.3, -0.25) is 9.69 Å². The summed E-state index contributed by atoms with van der Waals surface area (Å²) >= 11 is 1.50. The first kappa shape index (κ1) is 14.4. The summed E-state index contributed by atoms with van der Waals surface area (Å²) in [6.07, 6.45) is 2.57. The van der Waals surface area contributed by atoms with E-state index in [9.17, 15) is 4.79 Å². The van der Waals surface area contributed by atoms with Gasteiger partial charge >= 0.3 is 0 Å². The summed E-state index contributed by atoms with van der Waals surface area (Å²) in [5.74, 6) is 0.681. The lowest BCUT2D eigenvalue weighted by Crippen LogP contribution is -2.38. The van der Waals surface area contributed by atoms with Crippen LogP contribution in [0.2, 0.25) is 0 Å². The quantitative estimate of drug-likeness (QED) is 0.860. The molecule has 0 saturated carbocycles. The minimum absolute atomic E-state index is 0.0621. The number of nitrogens with one attached hydrogen (secondary N) is 2. The number of aromatic nitrogens is 1. The van der Waals surface area contributed by atoms with Crippen molar-refractivity contribution in [1.29, 1.82) is 0 Å². The molecular formula is C13H22N4OS. The summed E-state index contributed by atoms with van der Waals surface area (Å²) < 4.78 is 0. The second kappa shape index (κ2) is 6.98. The smallest absolute Gasteiger partial charge is 0.223 e. The van der Waals surface area contributed by atoms with E-state index >= 15 is 0 Å². The topological polar surface area (TPSA) is 57.3 Å². The van der Waals surface area contributed by atoms with Gasteiger partial charge in [-0.1, -0.05) is 0 Å². The van der Waals surface area contributed by atoms with Gasteiger partial charge in [0.25, 0.3) is 0 Å². The van der Waals surface area contributed by atoms with Crippen LogP contribution in [0.25, 0.3) is 0 Å². The Morgan fingerprint density at radius 1 is 1.63 bits per heavy atom. The fraction of sp³-hybridized carbons (Fsp3) is 0.692. The van der Waals surface area contributed by atoms with Crippen molar-refractivity contribution >= 4 is 22.4 Å². The molecule has 2 heterocycles. The number of nitrogens with zero attached hydrogens (tertiary/aromatic N) is 2. The molecule has 6 heteroatoms. The van der Waals surface area contributed by atoms with E-state index < -0.39 is 0 Å². The number of amides is 1. The lowest BCUT2D eigenvalue weighted by Gasteiger charge is -2.32. The van der Waals surface area contributed by atoms with Crippen molar-refractivity contribution in [3.8, 4) is 0 Å². The predicted octanol–water partition coefficient (Wildman–Crippen LogP) is 1.53. The molecule has 1 amide bonds. The molecule has 1 aliphatic rings. The molecule has 1 fully saturated rings. The largest absolute Gasteiger partial charge is 0.319 e. The predicted molar refractivity (Wildman–Crippen MR) is 78.3 cm³/mol. The first-order valence-electron chi connectivity index (χ1n) is 6.76. The van der Waals surface area contributed by atoms with Crippen LogP contribution in [-0.4, -0.2) is 42.5 Å². The summed E-state index contributed by atoms with van der Waals surface area (Å²) in [6, 6.07) is 0. The molecule has 0 aliphatic carbocycles. The molecule has 1 aromatic rings. The summed E-state index contributed by atoms with van der Waals surface area (Å²) in [6.45, 7) is 5.76. The first-order chi connectivity index (χ1) is 9.17. The Kier molecular flexibility index (Phi) is 5.30. The normalized spacial score (nSPS) is 20.4. The molecule has 1 saturated heterocycles. The van der Waals surface area contributed by atoms with Crippen LogP contribution in [0.5, 0.6) is 0 Å². The fourth-order valence-electron chi connectivity index (χ4n) is 2.57. The van der Waals surface area contributed by atoms with Gasteiger partial charge in [-0.2, -0.15) is 0 Å². The SMILES string of the molecule is CNCC1CCCN(Cc2csc(NC(C)=O)n2)C1. The third kappa shape index (κ3) is 4.56. The van der Waals surface area contributed by atoms with E-state index in [-0.39, 0.29) is 5.91 Å². The van der Waals surface area contributed by atoms with Gasteiger partial charge in [0.15, 0.2) is 5.13 Å². The maximum absolute atomic E-state index is 11.0. The van der Waals surface area contributed by atoms with E-state index in [2.05, 4.69) is 20.5 Å². The zero-order valence-corrected chi connectivity index (χ0v) is 12.4. The molecule has 0 aromatic carbocycles. The summed E-state index contributed by atoms with van der Waals surface area (Å²) in [7, 11) is 2.01. The van der Waals surface area contributed by atoms with Gasteiger partial charge in [0.2, 0.25) is 5.91 Å². The van der Waals surface area contributed by atoms with Crippen LogP contribution >= 0.6 is 11.3 Å². The third-order valence-electron chi connectivity index (χ3n) is 3.32. The van der Waals surface area contributed by atoms with E-state index in [1.54, 1.807) is 0 Å². The van der Waals surface area contributed by atoms with Crippen LogP contribution in [0.3, 0.4) is 0 Å². The number of carbonyl (C=O) groups is 1. The Morgan fingerprint density at radius 2 is 2.47 bits per heavy atom. The average Bonchev–Trinajstić information content (AvgIpc) is 2.76. The van der Waals surface area contributed by atoms with Gasteiger partial charge in [0.1, 0.15) is 0 Å². The van der Waals surface area contributed by atoms with E-state index in [0.717, 1.165) is 37.8 Å². The molecule has 2 rings (SSSR count). The molecule has 1 unspecified atom stereocenters. The van der Waals surface area contributed by atoms with Crippen molar-refractivity contribution in [2.24, 2.45) is 5.92 Å². The molecule has 2 N–H and O–H groups in total. The fourth-order valence-corrected chi connectivity index (χ4v) is 3.31. The van der Waals surface area contributed by atoms with Crippen LogP contribution in [-0.2, 0) is 11.3 Å². The minimum atomic E-state index is -0.0621. The number of piperidine rings is 1. The first-order valence-corrected chi connectivity index (χ1v) is 7.64. The van der Waals surface area contributed by atoms with Crippen LogP contribution in [0, 0.1) is 5.92 Å². The summed E-state index contributed by atoms with van der Waals surface area (Å²) in [4.78, 5) is 17.9. The van der Waals surface area contributed by atoms with Gasteiger partial charge in [-0.15, -0.1) is 11.3 Å². The number of rotatable bonds is 5. The minimum Gasteiger partial charge on any atom is -0.319 e. The molecule has 106 valence electrons. The second-order valence-electron chi connectivity index (χ2n) is 5.13. The van der Waals surface area contributed by atoms with Crippen molar-refractivity contribution in [2.75, 3.05) is 32.0 Å². The number of likely N-dealkylation sites (tertiary alicyclic amines) is 1. The molecule has 0 bridgehead atoms. The van der Waals surface area contributed by atoms with Gasteiger partial charge in [-0.25, -0.2) is 4.98 Å². The highest BCUT2D eigenvalue weighted by molar-refractivity contribution is 7.13. The Labute approximate surface area is 118 Å². The molecule has 0 radical (unpaired) electrons. The third-order valence-corrected chi connectivity index (χ3v) is 4.12. The van der Waals surface area contributed by atoms with Gasteiger partial charge in [-0.05, 0) is 38.9 Å². The molecule has 1 aromatic heterocycles. The second-order valence-corrected chi connectivity index (χ2v) is 5.98. The lowest BCUT2D eigenvalue weighted by molar-refractivity contribution is -0.114. The number of hydrogen-bond donors (Lipinski definition) is 2. The van der Waals surface area contributed by atoms with Crippen molar-refractivity contribution in [1.82, 2.24) is 15.2 Å². The summed E-state index contributed by atoms with van der Waals surface area (Å²) in [5.41, 5.74) is 1.05. The number of thiazole rings is 1. The highest BCUT2D eigenvalue weighted by atomic mass is 32.1. The number of hydrogen-bond acceptors (Lipinski definition) is 5. The molecule has 5 nitrogen and oxygen atoms in total. The van der Waals surface area contributed by atoms with Crippen LogP contribution < -0.4 is 10.6 Å². The van der Waals surface area contributed by atoms with Crippen LogP contribution in [0.1, 0.15) is 25.5 Å². The lowest BCUT2D eigenvalue weighted by atomic mass is 9.98. The molecule has 1 aliphatic heterocycles. The highest BCUT2D eigenvalue weighted by Gasteiger charge is 2.20. The van der Waals surface area contributed by atoms with Crippen molar-refractivity contribution < 1.29 is 4.79 Å². The van der Waals surface area contributed by atoms with Gasteiger partial charge < -0.3 is 10.6 Å². The molecule has 1 atom stereocenters. The van der Waals surface area contributed by atoms with E-state index in [4.69, 9.17) is 0 Å². The van der Waals surface area contributed by atoms with Crippen LogP contribution in [0.4, 0.5) is 5.13 Å². The van der Waals surface area contributed by atoms with Gasteiger partial charge in [0, 0.05) is 25.4 Å². The molecule has 19 heavy (non-hydrogen) atoms. The van der Waals surface area contributed by atoms with E-state index in [1.807, 2.05) is 12.4 Å². The van der Waals surface area contributed by atoms with E-state index in [0.29, 0.717) is 5.13 Å². The van der Waals surface area contributed by atoms with Crippen LogP contribution in [0.15, 0.2) is 5.38 Å². The molecular weight excluding hydrogens is 260 g/mol. The Balaban J connectivity index is 1.86. The van der Waals surface area contributed by atoms with Crippen molar-refractivity contribution in [3.63, 3.8) is 0 Å². The standard InChI is InChI=1S/C13H22N4OS/c1-10(18)15-13-16-12(9-19-13)8-17-5-3-4-11(7-17)6-14-2/h9,11,14H,3-8H2,1-2H3,(H,15,16,18). The summed E-state index contributed by atoms with van der Waals surface area (Å²) in [5, 5.41) is 8.73. The Bertz CT molecular complexity index is 419. The Hall–Kier alpha value is -0.980. The maximum Gasteiger partial charge on any atom is 0.223 e. The zero-order chi connectivity index (χ0) is 13.7. The number of anilines is 1. The van der Waals surface area contributed by atoms with Gasteiger partial charge in [0.05, 0.1) is 5.69 Å². The van der Waals surface area contributed by atoms with Crippen molar-refractivity contribution in [2.45, 2.75) is 26.3 Å².